The SMILES string of the molecule is CC(C)CC(N)c1ccc(I)cc1.Cl. The molecule has 80 valence electrons. The van der Waals surface area contributed by atoms with Crippen molar-refractivity contribution in [3.05, 3.63) is 33.4 Å². The van der Waals surface area contributed by atoms with E-state index in [2.05, 4.69) is 60.7 Å². The first kappa shape index (κ1) is 14.2. The molecule has 0 aromatic heterocycles. The Bertz CT molecular complexity index is 258. The van der Waals surface area contributed by atoms with Crippen molar-refractivity contribution in [1.29, 1.82) is 0 Å². The fraction of sp³-hybridized carbons (Fsp3) is 0.455. The Morgan fingerprint density at radius 3 is 2.14 bits per heavy atom. The van der Waals surface area contributed by atoms with Crippen LogP contribution < -0.4 is 5.73 Å². The van der Waals surface area contributed by atoms with E-state index in [1.165, 1.54) is 9.13 Å². The molecule has 1 aromatic rings. The molecule has 0 bridgehead atoms. The Kier molecular flexibility index (Phi) is 6.74. The monoisotopic (exact) mass is 325 g/mol. The second-order valence-corrected chi connectivity index (χ2v) is 5.03. The molecule has 1 aromatic carbocycles. The Morgan fingerprint density at radius 1 is 1.21 bits per heavy atom. The summed E-state index contributed by atoms with van der Waals surface area (Å²) in [5.41, 5.74) is 7.29. The van der Waals surface area contributed by atoms with E-state index in [0.717, 1.165) is 6.42 Å². The van der Waals surface area contributed by atoms with Gasteiger partial charge in [0.15, 0.2) is 0 Å². The number of rotatable bonds is 3. The van der Waals surface area contributed by atoms with Crippen molar-refractivity contribution < 1.29 is 0 Å². The molecule has 1 atom stereocenters. The minimum absolute atomic E-state index is 0. The minimum atomic E-state index is 0. The largest absolute Gasteiger partial charge is 0.324 e. The molecule has 1 rings (SSSR count). The minimum Gasteiger partial charge on any atom is -0.324 e. The molecule has 3 heteroatoms. The Hall–Kier alpha value is 0.200. The standard InChI is InChI=1S/C11H16IN.ClH/c1-8(2)7-11(13)9-3-5-10(12)6-4-9;/h3-6,8,11H,7,13H2,1-2H3;1H. The summed E-state index contributed by atoms with van der Waals surface area (Å²) in [5, 5.41) is 0. The maximum atomic E-state index is 6.04. The molecule has 0 aliphatic carbocycles. The Labute approximate surface area is 106 Å². The van der Waals surface area contributed by atoms with Crippen molar-refractivity contribution in [2.45, 2.75) is 26.3 Å². The van der Waals surface area contributed by atoms with Crippen LogP contribution in [-0.4, -0.2) is 0 Å². The third-order valence-corrected chi connectivity index (χ3v) is 2.74. The predicted molar refractivity (Wildman–Crippen MR) is 72.8 cm³/mol. The first-order chi connectivity index (χ1) is 6.09. The van der Waals surface area contributed by atoms with E-state index in [4.69, 9.17) is 5.73 Å². The molecular weight excluding hydrogens is 308 g/mol. The fourth-order valence-corrected chi connectivity index (χ4v) is 1.71. The lowest BCUT2D eigenvalue weighted by atomic mass is 9.98. The summed E-state index contributed by atoms with van der Waals surface area (Å²) < 4.78 is 1.26. The Balaban J connectivity index is 0.00000169. The molecule has 0 saturated carbocycles. The number of hydrogen-bond acceptors (Lipinski definition) is 1. The number of benzene rings is 1. The molecule has 0 heterocycles. The Morgan fingerprint density at radius 2 is 1.71 bits per heavy atom. The van der Waals surface area contributed by atoms with Crippen molar-refractivity contribution in [2.75, 3.05) is 0 Å². The zero-order valence-electron chi connectivity index (χ0n) is 8.53. The summed E-state index contributed by atoms with van der Waals surface area (Å²) in [6.45, 7) is 4.40. The summed E-state index contributed by atoms with van der Waals surface area (Å²) in [5.74, 6) is 0.661. The second kappa shape index (κ2) is 6.64. The highest BCUT2D eigenvalue weighted by molar-refractivity contribution is 14.1. The van der Waals surface area contributed by atoms with E-state index in [1.54, 1.807) is 0 Å². The van der Waals surface area contributed by atoms with Gasteiger partial charge in [0.05, 0.1) is 0 Å². The van der Waals surface area contributed by atoms with Crippen LogP contribution in [0.3, 0.4) is 0 Å². The average molecular weight is 326 g/mol. The summed E-state index contributed by atoms with van der Waals surface area (Å²) in [6, 6.07) is 8.65. The zero-order valence-corrected chi connectivity index (χ0v) is 11.5. The molecule has 2 N–H and O–H groups in total. The highest BCUT2D eigenvalue weighted by Crippen LogP contribution is 2.19. The molecule has 0 fully saturated rings. The molecule has 0 radical (unpaired) electrons. The fourth-order valence-electron chi connectivity index (χ4n) is 1.35. The van der Waals surface area contributed by atoms with Crippen molar-refractivity contribution in [3.8, 4) is 0 Å². The third kappa shape index (κ3) is 4.62. The van der Waals surface area contributed by atoms with Gasteiger partial charge in [-0.05, 0) is 52.6 Å². The van der Waals surface area contributed by atoms with Gasteiger partial charge in [-0.25, -0.2) is 0 Å². The molecule has 1 unspecified atom stereocenters. The highest BCUT2D eigenvalue weighted by atomic mass is 127. The van der Waals surface area contributed by atoms with Crippen molar-refractivity contribution in [3.63, 3.8) is 0 Å². The van der Waals surface area contributed by atoms with Gasteiger partial charge in [-0.15, -0.1) is 12.4 Å². The highest BCUT2D eigenvalue weighted by Gasteiger charge is 2.07. The summed E-state index contributed by atoms with van der Waals surface area (Å²) >= 11 is 2.30. The maximum Gasteiger partial charge on any atom is 0.0297 e. The molecule has 0 aliphatic rings. The molecule has 1 nitrogen and oxygen atoms in total. The van der Waals surface area contributed by atoms with E-state index in [9.17, 15) is 0 Å². The maximum absolute atomic E-state index is 6.04. The van der Waals surface area contributed by atoms with Crippen LogP contribution in [0.4, 0.5) is 0 Å². The van der Waals surface area contributed by atoms with Gasteiger partial charge >= 0.3 is 0 Å². The van der Waals surface area contributed by atoms with E-state index >= 15 is 0 Å². The van der Waals surface area contributed by atoms with Crippen LogP contribution >= 0.6 is 35.0 Å². The van der Waals surface area contributed by atoms with Gasteiger partial charge in [-0.2, -0.15) is 0 Å². The van der Waals surface area contributed by atoms with Crippen LogP contribution in [0, 0.1) is 9.49 Å². The lowest BCUT2D eigenvalue weighted by Crippen LogP contribution is -2.12. The van der Waals surface area contributed by atoms with Crippen molar-refractivity contribution in [2.24, 2.45) is 11.7 Å². The zero-order chi connectivity index (χ0) is 9.84. The van der Waals surface area contributed by atoms with E-state index in [0.29, 0.717) is 5.92 Å². The molecule has 0 saturated heterocycles. The predicted octanol–water partition coefficient (Wildman–Crippen LogP) is 3.76. The molecule has 0 aliphatic heterocycles. The van der Waals surface area contributed by atoms with Crippen LogP contribution in [0.5, 0.6) is 0 Å². The topological polar surface area (TPSA) is 26.0 Å². The smallest absolute Gasteiger partial charge is 0.0297 e. The number of nitrogens with two attached hydrogens (primary N) is 1. The second-order valence-electron chi connectivity index (χ2n) is 3.79. The summed E-state index contributed by atoms with van der Waals surface area (Å²) in [7, 11) is 0. The van der Waals surface area contributed by atoms with Gasteiger partial charge in [0.25, 0.3) is 0 Å². The van der Waals surface area contributed by atoms with Gasteiger partial charge in [-0.1, -0.05) is 26.0 Å². The van der Waals surface area contributed by atoms with Crippen LogP contribution in [0.25, 0.3) is 0 Å². The molecule has 14 heavy (non-hydrogen) atoms. The van der Waals surface area contributed by atoms with Crippen LogP contribution in [-0.2, 0) is 0 Å². The lowest BCUT2D eigenvalue weighted by molar-refractivity contribution is 0.510. The first-order valence-corrected chi connectivity index (χ1v) is 5.68. The first-order valence-electron chi connectivity index (χ1n) is 4.60. The summed E-state index contributed by atoms with van der Waals surface area (Å²) in [4.78, 5) is 0. The number of hydrogen-bond donors (Lipinski definition) is 1. The van der Waals surface area contributed by atoms with E-state index in [1.807, 2.05) is 0 Å². The van der Waals surface area contributed by atoms with Crippen LogP contribution in [0.1, 0.15) is 31.9 Å². The average Bonchev–Trinajstić information content (AvgIpc) is 2.04. The molecule has 0 spiro atoms. The quantitative estimate of drug-likeness (QED) is 0.841. The third-order valence-electron chi connectivity index (χ3n) is 2.02. The van der Waals surface area contributed by atoms with Gasteiger partial charge < -0.3 is 5.73 Å². The van der Waals surface area contributed by atoms with Crippen LogP contribution in [0.15, 0.2) is 24.3 Å². The summed E-state index contributed by atoms with van der Waals surface area (Å²) in [6.07, 6.45) is 1.06. The van der Waals surface area contributed by atoms with Crippen LogP contribution in [0.2, 0.25) is 0 Å². The number of halogens is 2. The van der Waals surface area contributed by atoms with Crippen molar-refractivity contribution in [1.82, 2.24) is 0 Å². The van der Waals surface area contributed by atoms with Gasteiger partial charge in [-0.3, -0.25) is 0 Å². The molecule has 0 amide bonds. The van der Waals surface area contributed by atoms with E-state index in [-0.39, 0.29) is 18.4 Å². The van der Waals surface area contributed by atoms with E-state index < -0.39 is 0 Å². The normalized spacial score (nSPS) is 12.4. The van der Waals surface area contributed by atoms with Crippen molar-refractivity contribution >= 4 is 35.0 Å². The van der Waals surface area contributed by atoms with Gasteiger partial charge in [0.2, 0.25) is 0 Å². The van der Waals surface area contributed by atoms with Gasteiger partial charge in [0.1, 0.15) is 0 Å². The van der Waals surface area contributed by atoms with Gasteiger partial charge in [0, 0.05) is 9.61 Å². The molecular formula is C11H17ClIN. The lowest BCUT2D eigenvalue weighted by Gasteiger charge is -2.14.